The van der Waals surface area contributed by atoms with Crippen molar-refractivity contribution in [2.75, 3.05) is 13.1 Å². The summed E-state index contributed by atoms with van der Waals surface area (Å²) in [5.74, 6) is 1.28. The SMILES string of the molecule is Cc1ccc(S(=O)(=O)Cn2nnnc2[C@H](C(C)C)N2CCC(Cc3ccccc3)CC2)cc1. The van der Waals surface area contributed by atoms with Crippen LogP contribution in [0.3, 0.4) is 0 Å². The van der Waals surface area contributed by atoms with Gasteiger partial charge in [-0.25, -0.2) is 13.1 Å². The van der Waals surface area contributed by atoms with Crippen molar-refractivity contribution in [3.8, 4) is 0 Å². The maximum Gasteiger partial charge on any atom is 0.198 e. The molecule has 2 heterocycles. The molecule has 7 nitrogen and oxygen atoms in total. The van der Waals surface area contributed by atoms with E-state index < -0.39 is 9.84 Å². The molecule has 1 saturated heterocycles. The molecular weight excluding hydrogens is 434 g/mol. The van der Waals surface area contributed by atoms with Gasteiger partial charge in [0.2, 0.25) is 0 Å². The summed E-state index contributed by atoms with van der Waals surface area (Å²) < 4.78 is 27.5. The molecule has 1 atom stereocenters. The van der Waals surface area contributed by atoms with Gasteiger partial charge in [-0.1, -0.05) is 61.9 Å². The molecule has 2 aromatic carbocycles. The highest BCUT2D eigenvalue weighted by atomic mass is 32.2. The summed E-state index contributed by atoms with van der Waals surface area (Å²) in [7, 11) is -3.55. The van der Waals surface area contributed by atoms with Crippen molar-refractivity contribution < 1.29 is 8.42 Å². The highest BCUT2D eigenvalue weighted by Crippen LogP contribution is 2.32. The first-order chi connectivity index (χ1) is 15.8. The molecule has 0 bridgehead atoms. The molecule has 1 aliphatic rings. The molecule has 0 amide bonds. The lowest BCUT2D eigenvalue weighted by Gasteiger charge is -2.38. The molecule has 176 valence electrons. The standard InChI is InChI=1S/C25H33N5O2S/c1-19(2)24(29-15-13-22(14-16-29)17-21-7-5-4-6-8-21)25-26-27-28-30(25)18-33(31,32)23-11-9-20(3)10-12-23/h4-12,19,22,24H,13-18H2,1-3H3/t24-/m0/s1. The largest absolute Gasteiger partial charge is 0.293 e. The van der Waals surface area contributed by atoms with E-state index in [2.05, 4.69) is 64.6 Å². The molecule has 8 heteroatoms. The molecule has 0 saturated carbocycles. The molecule has 0 spiro atoms. The minimum Gasteiger partial charge on any atom is -0.293 e. The minimum atomic E-state index is -3.55. The Kier molecular flexibility index (Phi) is 7.24. The fourth-order valence-corrected chi connectivity index (χ4v) is 5.97. The number of benzene rings is 2. The highest BCUT2D eigenvalue weighted by molar-refractivity contribution is 7.90. The number of hydrogen-bond acceptors (Lipinski definition) is 6. The predicted molar refractivity (Wildman–Crippen MR) is 128 cm³/mol. The van der Waals surface area contributed by atoms with Gasteiger partial charge in [0.25, 0.3) is 0 Å². The Bertz CT molecular complexity index is 1140. The summed E-state index contributed by atoms with van der Waals surface area (Å²) in [5, 5.41) is 12.2. The van der Waals surface area contributed by atoms with Gasteiger partial charge in [0, 0.05) is 0 Å². The topological polar surface area (TPSA) is 81.0 Å². The second-order valence-corrected chi connectivity index (χ2v) is 11.4. The summed E-state index contributed by atoms with van der Waals surface area (Å²) >= 11 is 0. The summed E-state index contributed by atoms with van der Waals surface area (Å²) in [6, 6.07) is 17.5. The van der Waals surface area contributed by atoms with E-state index >= 15 is 0 Å². The number of hydrogen-bond donors (Lipinski definition) is 0. The Hall–Kier alpha value is -2.58. The van der Waals surface area contributed by atoms with Gasteiger partial charge in [-0.05, 0) is 79.2 Å². The Morgan fingerprint density at radius 1 is 1.00 bits per heavy atom. The van der Waals surface area contributed by atoms with Crippen LogP contribution in [0.5, 0.6) is 0 Å². The Morgan fingerprint density at radius 3 is 2.30 bits per heavy atom. The van der Waals surface area contributed by atoms with E-state index in [1.165, 1.54) is 10.2 Å². The molecule has 1 aliphatic heterocycles. The number of tetrazole rings is 1. The lowest BCUT2D eigenvalue weighted by atomic mass is 9.88. The number of likely N-dealkylation sites (tertiary alicyclic amines) is 1. The lowest BCUT2D eigenvalue weighted by molar-refractivity contribution is 0.0957. The maximum atomic E-state index is 13.0. The molecule has 0 aliphatic carbocycles. The van der Waals surface area contributed by atoms with Crippen LogP contribution in [0.15, 0.2) is 59.5 Å². The van der Waals surface area contributed by atoms with Gasteiger partial charge in [0.15, 0.2) is 21.5 Å². The van der Waals surface area contributed by atoms with Crippen molar-refractivity contribution in [1.82, 2.24) is 25.1 Å². The van der Waals surface area contributed by atoms with E-state index in [4.69, 9.17) is 0 Å². The van der Waals surface area contributed by atoms with Crippen LogP contribution in [0.2, 0.25) is 0 Å². The summed E-state index contributed by atoms with van der Waals surface area (Å²) in [6.07, 6.45) is 3.33. The first-order valence-electron chi connectivity index (χ1n) is 11.7. The van der Waals surface area contributed by atoms with Crippen LogP contribution in [-0.4, -0.2) is 46.6 Å². The van der Waals surface area contributed by atoms with Gasteiger partial charge < -0.3 is 0 Å². The number of aryl methyl sites for hydroxylation is 1. The number of aromatic nitrogens is 4. The van der Waals surface area contributed by atoms with Crippen LogP contribution >= 0.6 is 0 Å². The quantitative estimate of drug-likeness (QED) is 0.497. The van der Waals surface area contributed by atoms with Gasteiger partial charge in [-0.2, -0.15) is 0 Å². The second kappa shape index (κ2) is 10.1. The van der Waals surface area contributed by atoms with Crippen LogP contribution in [0.25, 0.3) is 0 Å². The fourth-order valence-electron chi connectivity index (χ4n) is 4.76. The van der Waals surface area contributed by atoms with E-state index in [0.29, 0.717) is 11.7 Å². The normalized spacial score (nSPS) is 16.8. The van der Waals surface area contributed by atoms with Crippen molar-refractivity contribution in [2.24, 2.45) is 11.8 Å². The minimum absolute atomic E-state index is 0.0223. The predicted octanol–water partition coefficient (Wildman–Crippen LogP) is 4.06. The van der Waals surface area contributed by atoms with Gasteiger partial charge in [0.1, 0.15) is 0 Å². The zero-order valence-electron chi connectivity index (χ0n) is 19.6. The number of sulfone groups is 1. The fraction of sp³-hybridized carbons (Fsp3) is 0.480. The van der Waals surface area contributed by atoms with Crippen molar-refractivity contribution >= 4 is 9.84 Å². The smallest absolute Gasteiger partial charge is 0.198 e. The monoisotopic (exact) mass is 467 g/mol. The van der Waals surface area contributed by atoms with E-state index in [9.17, 15) is 8.42 Å². The molecule has 4 rings (SSSR count). The van der Waals surface area contributed by atoms with Crippen LogP contribution in [0.1, 0.15) is 49.7 Å². The Balaban J connectivity index is 1.47. The van der Waals surface area contributed by atoms with Gasteiger partial charge in [-0.3, -0.25) is 4.90 Å². The average Bonchev–Trinajstić information content (AvgIpc) is 3.22. The van der Waals surface area contributed by atoms with E-state index in [0.717, 1.165) is 37.9 Å². The lowest BCUT2D eigenvalue weighted by Crippen LogP contribution is -2.40. The van der Waals surface area contributed by atoms with Crippen molar-refractivity contribution in [1.29, 1.82) is 0 Å². The molecule has 1 aromatic heterocycles. The van der Waals surface area contributed by atoms with Gasteiger partial charge >= 0.3 is 0 Å². The van der Waals surface area contributed by atoms with E-state index in [1.54, 1.807) is 12.1 Å². The highest BCUT2D eigenvalue weighted by Gasteiger charge is 2.33. The Morgan fingerprint density at radius 2 is 1.67 bits per heavy atom. The van der Waals surface area contributed by atoms with Gasteiger partial charge in [0.05, 0.1) is 10.9 Å². The molecule has 3 aromatic rings. The third-order valence-electron chi connectivity index (χ3n) is 6.54. The van der Waals surface area contributed by atoms with Crippen LogP contribution in [0, 0.1) is 18.8 Å². The summed E-state index contributed by atoms with van der Waals surface area (Å²) in [5.41, 5.74) is 2.41. The first kappa shape index (κ1) is 23.6. The first-order valence-corrected chi connectivity index (χ1v) is 13.3. The van der Waals surface area contributed by atoms with Crippen LogP contribution in [-0.2, 0) is 22.1 Å². The van der Waals surface area contributed by atoms with Gasteiger partial charge in [-0.15, -0.1) is 5.10 Å². The maximum absolute atomic E-state index is 13.0. The van der Waals surface area contributed by atoms with Crippen LogP contribution < -0.4 is 0 Å². The zero-order valence-corrected chi connectivity index (χ0v) is 20.4. The third kappa shape index (κ3) is 5.68. The number of rotatable bonds is 8. The molecule has 0 unspecified atom stereocenters. The van der Waals surface area contributed by atoms with Crippen molar-refractivity contribution in [2.45, 2.75) is 56.8 Å². The zero-order chi connectivity index (χ0) is 23.4. The van der Waals surface area contributed by atoms with Crippen molar-refractivity contribution in [3.05, 3.63) is 71.5 Å². The Labute approximate surface area is 196 Å². The summed E-state index contributed by atoms with van der Waals surface area (Å²) in [4.78, 5) is 2.71. The molecule has 0 radical (unpaired) electrons. The van der Waals surface area contributed by atoms with E-state index in [-0.39, 0.29) is 22.7 Å². The van der Waals surface area contributed by atoms with Crippen molar-refractivity contribution in [3.63, 3.8) is 0 Å². The van der Waals surface area contributed by atoms with Crippen LogP contribution in [0.4, 0.5) is 0 Å². The third-order valence-corrected chi connectivity index (χ3v) is 8.11. The second-order valence-electron chi connectivity index (χ2n) is 9.45. The summed E-state index contributed by atoms with van der Waals surface area (Å²) in [6.45, 7) is 8.14. The number of piperidine rings is 1. The molecule has 33 heavy (non-hydrogen) atoms. The number of nitrogens with zero attached hydrogens (tertiary/aromatic N) is 5. The van der Waals surface area contributed by atoms with E-state index in [1.807, 2.05) is 19.1 Å². The molecule has 0 N–H and O–H groups in total. The molecular formula is C25H33N5O2S. The molecule has 1 fully saturated rings. The average molecular weight is 468 g/mol.